The van der Waals surface area contributed by atoms with Crippen molar-refractivity contribution in [1.82, 2.24) is 14.8 Å². The molecule has 0 unspecified atom stereocenters. The maximum atomic E-state index is 12.9. The van der Waals surface area contributed by atoms with E-state index in [4.69, 9.17) is 9.47 Å². The van der Waals surface area contributed by atoms with Crippen LogP contribution in [0, 0.1) is 0 Å². The zero-order valence-electron chi connectivity index (χ0n) is 15.7. The molecule has 29 heavy (non-hydrogen) atoms. The predicted molar refractivity (Wildman–Crippen MR) is 102 cm³/mol. The molecule has 4 rings (SSSR count). The molecule has 0 radical (unpaired) electrons. The normalized spacial score (nSPS) is 15.3. The quantitative estimate of drug-likeness (QED) is 0.676. The number of halogens is 2. The van der Waals surface area contributed by atoms with Crippen LogP contribution in [0.25, 0.3) is 5.70 Å². The van der Waals surface area contributed by atoms with E-state index < -0.39 is 12.7 Å². The van der Waals surface area contributed by atoms with Crippen molar-refractivity contribution in [3.05, 3.63) is 66.0 Å². The van der Waals surface area contributed by atoms with Gasteiger partial charge in [0.25, 0.3) is 0 Å². The van der Waals surface area contributed by atoms with E-state index in [9.17, 15) is 8.78 Å². The number of nitrogens with zero attached hydrogens (tertiary/aromatic N) is 3. The van der Waals surface area contributed by atoms with Crippen LogP contribution >= 0.6 is 0 Å². The highest BCUT2D eigenvalue weighted by Crippen LogP contribution is 2.39. The van der Waals surface area contributed by atoms with E-state index in [1.54, 1.807) is 49.2 Å². The number of para-hydroxylation sites is 1. The van der Waals surface area contributed by atoms with E-state index >= 15 is 0 Å². The Morgan fingerprint density at radius 2 is 1.90 bits per heavy atom. The fourth-order valence-electron chi connectivity index (χ4n) is 3.27. The van der Waals surface area contributed by atoms with Crippen molar-refractivity contribution >= 4 is 11.6 Å². The molecule has 7 nitrogen and oxygen atoms in total. The number of methoxy groups -OCH3 is 2. The first-order chi connectivity index (χ1) is 14.1. The van der Waals surface area contributed by atoms with E-state index in [1.807, 2.05) is 12.1 Å². The van der Waals surface area contributed by atoms with Crippen LogP contribution in [0.2, 0.25) is 0 Å². The van der Waals surface area contributed by atoms with Gasteiger partial charge < -0.3 is 19.5 Å². The molecule has 0 spiro atoms. The van der Waals surface area contributed by atoms with Gasteiger partial charge in [0.2, 0.25) is 5.95 Å². The Morgan fingerprint density at radius 3 is 2.66 bits per heavy atom. The first-order valence-electron chi connectivity index (χ1n) is 8.75. The van der Waals surface area contributed by atoms with Crippen molar-refractivity contribution in [3.8, 4) is 17.2 Å². The summed E-state index contributed by atoms with van der Waals surface area (Å²) in [4.78, 5) is 4.24. The number of aromatic nitrogens is 3. The number of benzene rings is 2. The lowest BCUT2D eigenvalue weighted by molar-refractivity contribution is -0.0500. The van der Waals surface area contributed by atoms with Gasteiger partial charge >= 0.3 is 6.61 Å². The van der Waals surface area contributed by atoms with Crippen LogP contribution in [0.15, 0.2) is 54.9 Å². The van der Waals surface area contributed by atoms with Gasteiger partial charge in [0.05, 0.1) is 19.9 Å². The third-order valence-corrected chi connectivity index (χ3v) is 4.56. The second kappa shape index (κ2) is 7.78. The molecule has 2 heterocycles. The van der Waals surface area contributed by atoms with Crippen LogP contribution in [0.4, 0.5) is 14.7 Å². The molecular formula is C20H18F2N4O3. The molecule has 1 aromatic heterocycles. The van der Waals surface area contributed by atoms with Gasteiger partial charge in [-0.3, -0.25) is 0 Å². The summed E-state index contributed by atoms with van der Waals surface area (Å²) in [6.45, 7) is -2.93. The molecule has 1 aliphatic rings. The van der Waals surface area contributed by atoms with Crippen LogP contribution in [0.5, 0.6) is 17.2 Å². The maximum absolute atomic E-state index is 12.9. The number of ether oxygens (including phenoxy) is 3. The summed E-state index contributed by atoms with van der Waals surface area (Å²) in [6, 6.07) is 11.6. The summed E-state index contributed by atoms with van der Waals surface area (Å²) in [5.41, 5.74) is 1.83. The van der Waals surface area contributed by atoms with Crippen molar-refractivity contribution < 1.29 is 23.0 Å². The molecule has 150 valence electrons. The minimum atomic E-state index is -2.93. The molecule has 0 aliphatic carbocycles. The second-order valence-electron chi connectivity index (χ2n) is 6.16. The molecule has 3 aromatic rings. The van der Waals surface area contributed by atoms with E-state index in [2.05, 4.69) is 20.1 Å². The van der Waals surface area contributed by atoms with Crippen LogP contribution in [0.3, 0.4) is 0 Å². The molecule has 1 aliphatic heterocycles. The number of rotatable bonds is 6. The third-order valence-electron chi connectivity index (χ3n) is 4.56. The standard InChI is InChI=1S/C20H18F2N4O3/c1-27-12-7-8-17(28-2)14(9-12)16-10-15(25-20-23-11-24-26(16)20)13-5-3-4-6-18(13)29-19(21)22/h3-11,16,19H,1-2H3,(H,23,24,25)/t16-/m1/s1. The molecule has 0 amide bonds. The van der Waals surface area contributed by atoms with Gasteiger partial charge in [-0.05, 0) is 36.4 Å². The van der Waals surface area contributed by atoms with Gasteiger partial charge in [-0.2, -0.15) is 18.9 Å². The highest BCUT2D eigenvalue weighted by atomic mass is 19.3. The smallest absolute Gasteiger partial charge is 0.387 e. The average molecular weight is 400 g/mol. The highest BCUT2D eigenvalue weighted by Gasteiger charge is 2.27. The number of alkyl halides is 2. The van der Waals surface area contributed by atoms with Crippen molar-refractivity contribution in [2.24, 2.45) is 0 Å². The minimum absolute atomic E-state index is 0.0607. The van der Waals surface area contributed by atoms with Crippen molar-refractivity contribution in [3.63, 3.8) is 0 Å². The molecule has 0 saturated heterocycles. The van der Waals surface area contributed by atoms with Crippen molar-refractivity contribution in [2.75, 3.05) is 19.5 Å². The lowest BCUT2D eigenvalue weighted by Crippen LogP contribution is -2.21. The van der Waals surface area contributed by atoms with Crippen LogP contribution in [-0.2, 0) is 0 Å². The SMILES string of the molecule is COc1ccc(OC)c([C@H]2C=C(c3ccccc3OC(F)F)Nc3ncnn32)c1. The Bertz CT molecular complexity index is 1050. The fraction of sp³-hybridized carbons (Fsp3) is 0.200. The molecule has 0 saturated carbocycles. The van der Waals surface area contributed by atoms with Gasteiger partial charge in [-0.15, -0.1) is 0 Å². The van der Waals surface area contributed by atoms with Gasteiger partial charge in [0, 0.05) is 11.1 Å². The van der Waals surface area contributed by atoms with Gasteiger partial charge in [-0.25, -0.2) is 4.68 Å². The van der Waals surface area contributed by atoms with E-state index in [-0.39, 0.29) is 5.75 Å². The van der Waals surface area contributed by atoms with Gasteiger partial charge in [-0.1, -0.05) is 12.1 Å². The minimum Gasteiger partial charge on any atom is -0.497 e. The van der Waals surface area contributed by atoms with E-state index in [0.717, 1.165) is 5.56 Å². The Kier molecular flexibility index (Phi) is 5.03. The Labute approximate surface area is 165 Å². The summed E-state index contributed by atoms with van der Waals surface area (Å²) in [5.74, 6) is 1.80. The molecule has 0 bridgehead atoms. The first-order valence-corrected chi connectivity index (χ1v) is 8.75. The van der Waals surface area contributed by atoms with Crippen LogP contribution in [-0.4, -0.2) is 35.6 Å². The number of anilines is 1. The van der Waals surface area contributed by atoms with Crippen molar-refractivity contribution in [1.29, 1.82) is 0 Å². The average Bonchev–Trinajstić information content (AvgIpc) is 3.21. The monoisotopic (exact) mass is 400 g/mol. The van der Waals surface area contributed by atoms with Crippen LogP contribution in [0.1, 0.15) is 17.2 Å². The van der Waals surface area contributed by atoms with Gasteiger partial charge in [0.15, 0.2) is 0 Å². The Morgan fingerprint density at radius 1 is 1.07 bits per heavy atom. The summed E-state index contributed by atoms with van der Waals surface area (Å²) in [5, 5.41) is 7.42. The topological polar surface area (TPSA) is 70.4 Å². The zero-order chi connectivity index (χ0) is 20.4. The predicted octanol–water partition coefficient (Wildman–Crippen LogP) is 3.95. The third kappa shape index (κ3) is 3.58. The molecule has 1 atom stereocenters. The highest BCUT2D eigenvalue weighted by molar-refractivity contribution is 5.80. The number of fused-ring (bicyclic) bond motifs is 1. The lowest BCUT2D eigenvalue weighted by atomic mass is 10.00. The second-order valence-corrected chi connectivity index (χ2v) is 6.16. The Balaban J connectivity index is 1.85. The summed E-state index contributed by atoms with van der Waals surface area (Å²) in [6.07, 6.45) is 3.27. The fourth-order valence-corrected chi connectivity index (χ4v) is 3.27. The number of hydrogen-bond acceptors (Lipinski definition) is 6. The number of allylic oxidation sites excluding steroid dienone is 1. The molecule has 9 heteroatoms. The van der Waals surface area contributed by atoms with E-state index in [1.165, 1.54) is 12.4 Å². The number of hydrogen-bond donors (Lipinski definition) is 1. The van der Waals surface area contributed by atoms with Crippen molar-refractivity contribution in [2.45, 2.75) is 12.7 Å². The molecule has 0 fully saturated rings. The maximum Gasteiger partial charge on any atom is 0.387 e. The molecular weight excluding hydrogens is 382 g/mol. The largest absolute Gasteiger partial charge is 0.497 e. The van der Waals surface area contributed by atoms with Gasteiger partial charge in [0.1, 0.15) is 29.6 Å². The first kappa shape index (κ1) is 18.7. The molecule has 2 aromatic carbocycles. The zero-order valence-corrected chi connectivity index (χ0v) is 15.7. The summed E-state index contributed by atoms with van der Waals surface area (Å²) in [7, 11) is 3.15. The lowest BCUT2D eigenvalue weighted by Gasteiger charge is -2.26. The Hall–Kier alpha value is -3.62. The summed E-state index contributed by atoms with van der Waals surface area (Å²) < 4.78 is 43.0. The number of nitrogens with one attached hydrogen (secondary N) is 1. The summed E-state index contributed by atoms with van der Waals surface area (Å²) >= 11 is 0. The van der Waals surface area contributed by atoms with E-state index in [0.29, 0.717) is 28.7 Å². The molecule has 1 N–H and O–H groups in total. The van der Waals surface area contributed by atoms with Crippen LogP contribution < -0.4 is 19.5 Å².